The highest BCUT2D eigenvalue weighted by Gasteiger charge is 2.21. The highest BCUT2D eigenvalue weighted by atomic mass is 127. The van der Waals surface area contributed by atoms with Crippen LogP contribution >= 0.6 is 24.0 Å². The molecular weight excluding hydrogens is 529 g/mol. The first-order chi connectivity index (χ1) is 15.7. The topological polar surface area (TPSA) is 71.0 Å². The van der Waals surface area contributed by atoms with E-state index in [1.807, 2.05) is 18.3 Å². The molecule has 0 atom stereocenters. The molecule has 2 heterocycles. The lowest BCUT2D eigenvalue weighted by Crippen LogP contribution is -2.48. The van der Waals surface area contributed by atoms with Crippen LogP contribution in [-0.2, 0) is 11.3 Å². The number of halogens is 1. The van der Waals surface area contributed by atoms with Crippen molar-refractivity contribution < 1.29 is 9.47 Å². The number of nitrogens with zero attached hydrogens (tertiary/aromatic N) is 3. The molecule has 0 unspecified atom stereocenters. The molecule has 0 bridgehead atoms. The van der Waals surface area contributed by atoms with Crippen molar-refractivity contribution in [1.82, 2.24) is 20.5 Å². The summed E-state index contributed by atoms with van der Waals surface area (Å²) >= 11 is 0. The Kier molecular flexibility index (Phi) is 13.4. The van der Waals surface area contributed by atoms with Crippen LogP contribution in [0.25, 0.3) is 0 Å². The van der Waals surface area contributed by atoms with Gasteiger partial charge in [0.15, 0.2) is 5.96 Å². The maximum atomic E-state index is 6.16. The highest BCUT2D eigenvalue weighted by Crippen LogP contribution is 2.26. The number of piperidine rings is 1. The number of aliphatic imine (C=N–C) groups is 1. The number of pyridine rings is 1. The number of methoxy groups -OCH3 is 1. The summed E-state index contributed by atoms with van der Waals surface area (Å²) in [5.74, 6) is 2.45. The Balaban J connectivity index is 0.00000385. The van der Waals surface area contributed by atoms with E-state index in [4.69, 9.17) is 14.5 Å². The number of likely N-dealkylation sites (tertiary alicyclic amines) is 1. The van der Waals surface area contributed by atoms with Crippen molar-refractivity contribution in [3.05, 3.63) is 23.9 Å². The van der Waals surface area contributed by atoms with Crippen LogP contribution in [0.4, 0.5) is 0 Å². The third-order valence-electron chi connectivity index (χ3n) is 6.56. The van der Waals surface area contributed by atoms with Gasteiger partial charge in [-0.1, -0.05) is 6.92 Å². The average molecular weight is 574 g/mol. The Morgan fingerprint density at radius 1 is 1.18 bits per heavy atom. The van der Waals surface area contributed by atoms with Gasteiger partial charge in [-0.3, -0.25) is 0 Å². The molecular formula is C25H44IN5O2. The zero-order valence-corrected chi connectivity index (χ0v) is 23.1. The van der Waals surface area contributed by atoms with Gasteiger partial charge >= 0.3 is 0 Å². The lowest BCUT2D eigenvalue weighted by molar-refractivity contribution is 0.130. The van der Waals surface area contributed by atoms with Crippen LogP contribution < -0.4 is 15.4 Å². The molecule has 1 saturated carbocycles. The SMILES string of the molecule is CCNC(=NCc1ccnc(OC2CCC(C)CC2)c1)NC1CCN(CCCOC)CC1.I. The number of ether oxygens (including phenoxy) is 2. The predicted molar refractivity (Wildman–Crippen MR) is 146 cm³/mol. The molecule has 0 radical (unpaired) electrons. The molecule has 2 N–H and O–H groups in total. The van der Waals surface area contributed by atoms with E-state index in [1.165, 1.54) is 12.8 Å². The normalized spacial score (nSPS) is 22.5. The molecule has 0 spiro atoms. The summed E-state index contributed by atoms with van der Waals surface area (Å²) in [6.07, 6.45) is 10.3. The number of nitrogens with one attached hydrogen (secondary N) is 2. The second kappa shape index (κ2) is 15.7. The van der Waals surface area contributed by atoms with Crippen LogP contribution in [0, 0.1) is 5.92 Å². The van der Waals surface area contributed by atoms with E-state index in [0.717, 1.165) is 88.2 Å². The number of guanidine groups is 1. The fourth-order valence-corrected chi connectivity index (χ4v) is 4.55. The second-order valence-electron chi connectivity index (χ2n) is 9.30. The zero-order chi connectivity index (χ0) is 22.6. The van der Waals surface area contributed by atoms with Gasteiger partial charge in [-0.15, -0.1) is 24.0 Å². The van der Waals surface area contributed by atoms with Crippen molar-refractivity contribution >= 4 is 29.9 Å². The fourth-order valence-electron chi connectivity index (χ4n) is 4.55. The number of hydrogen-bond acceptors (Lipinski definition) is 5. The summed E-state index contributed by atoms with van der Waals surface area (Å²) in [6.45, 7) is 10.1. The third kappa shape index (κ3) is 10.3. The van der Waals surface area contributed by atoms with Gasteiger partial charge in [-0.05, 0) is 69.4 Å². The number of rotatable bonds is 10. The van der Waals surface area contributed by atoms with Gasteiger partial charge in [0.05, 0.1) is 6.54 Å². The molecule has 2 fully saturated rings. The monoisotopic (exact) mass is 573 g/mol. The Labute approximate surface area is 217 Å². The van der Waals surface area contributed by atoms with Crippen LogP contribution in [0.3, 0.4) is 0 Å². The molecule has 7 nitrogen and oxygen atoms in total. The van der Waals surface area contributed by atoms with Crippen molar-refractivity contribution in [3.8, 4) is 5.88 Å². The summed E-state index contributed by atoms with van der Waals surface area (Å²) in [5, 5.41) is 7.04. The maximum Gasteiger partial charge on any atom is 0.213 e. The van der Waals surface area contributed by atoms with Crippen molar-refractivity contribution in [2.75, 3.05) is 39.9 Å². The second-order valence-corrected chi connectivity index (χ2v) is 9.30. The Morgan fingerprint density at radius 3 is 2.64 bits per heavy atom. The lowest BCUT2D eigenvalue weighted by Gasteiger charge is -2.33. The van der Waals surface area contributed by atoms with E-state index in [1.54, 1.807) is 7.11 Å². The molecule has 1 aliphatic heterocycles. The standard InChI is InChI=1S/C25H43N5O2.HI/c1-4-26-25(29-22-11-15-30(16-12-22)14-5-17-31-3)28-19-21-10-13-27-24(18-21)32-23-8-6-20(2)7-9-23;/h10,13,18,20,22-23H,4-9,11-12,14-17,19H2,1-3H3,(H2,26,28,29);1H. The largest absolute Gasteiger partial charge is 0.474 e. The highest BCUT2D eigenvalue weighted by molar-refractivity contribution is 14.0. The summed E-state index contributed by atoms with van der Waals surface area (Å²) in [7, 11) is 1.77. The summed E-state index contributed by atoms with van der Waals surface area (Å²) in [4.78, 5) is 11.8. The molecule has 2 aliphatic rings. The first-order valence-electron chi connectivity index (χ1n) is 12.5. The molecule has 1 aromatic heterocycles. The third-order valence-corrected chi connectivity index (χ3v) is 6.56. The smallest absolute Gasteiger partial charge is 0.213 e. The van der Waals surface area contributed by atoms with Crippen molar-refractivity contribution in [2.24, 2.45) is 10.9 Å². The summed E-state index contributed by atoms with van der Waals surface area (Å²) in [6, 6.07) is 4.54. The van der Waals surface area contributed by atoms with Gasteiger partial charge in [0.2, 0.25) is 5.88 Å². The lowest BCUT2D eigenvalue weighted by atomic mass is 9.89. The van der Waals surface area contributed by atoms with Gasteiger partial charge in [0.25, 0.3) is 0 Å². The van der Waals surface area contributed by atoms with Crippen LogP contribution in [0.15, 0.2) is 23.3 Å². The van der Waals surface area contributed by atoms with E-state index < -0.39 is 0 Å². The van der Waals surface area contributed by atoms with E-state index in [-0.39, 0.29) is 24.0 Å². The Hall–Kier alpha value is -1.13. The molecule has 1 saturated heterocycles. The van der Waals surface area contributed by atoms with E-state index in [2.05, 4.69) is 34.4 Å². The molecule has 33 heavy (non-hydrogen) atoms. The molecule has 8 heteroatoms. The van der Waals surface area contributed by atoms with Crippen LogP contribution in [0.2, 0.25) is 0 Å². The Bertz CT molecular complexity index is 689. The first-order valence-corrected chi connectivity index (χ1v) is 12.5. The molecule has 1 aromatic rings. The maximum absolute atomic E-state index is 6.16. The Morgan fingerprint density at radius 2 is 1.94 bits per heavy atom. The fraction of sp³-hybridized carbons (Fsp3) is 0.760. The van der Waals surface area contributed by atoms with Crippen molar-refractivity contribution in [1.29, 1.82) is 0 Å². The average Bonchev–Trinajstić information content (AvgIpc) is 2.81. The van der Waals surface area contributed by atoms with Gasteiger partial charge in [0.1, 0.15) is 6.10 Å². The zero-order valence-electron chi connectivity index (χ0n) is 20.7. The molecule has 1 aliphatic carbocycles. The van der Waals surface area contributed by atoms with Crippen LogP contribution in [0.5, 0.6) is 5.88 Å². The molecule has 0 amide bonds. The molecule has 3 rings (SSSR count). The molecule has 0 aromatic carbocycles. The van der Waals surface area contributed by atoms with Gasteiger partial charge in [-0.2, -0.15) is 0 Å². The minimum absolute atomic E-state index is 0. The van der Waals surface area contributed by atoms with E-state index >= 15 is 0 Å². The van der Waals surface area contributed by atoms with Crippen molar-refractivity contribution in [2.45, 2.75) is 77.5 Å². The van der Waals surface area contributed by atoms with Crippen LogP contribution in [-0.4, -0.2) is 67.9 Å². The molecule has 188 valence electrons. The summed E-state index contributed by atoms with van der Waals surface area (Å²) in [5.41, 5.74) is 1.13. The minimum Gasteiger partial charge on any atom is -0.474 e. The predicted octanol–water partition coefficient (Wildman–Crippen LogP) is 4.21. The first kappa shape index (κ1) is 28.1. The summed E-state index contributed by atoms with van der Waals surface area (Å²) < 4.78 is 11.3. The van der Waals surface area contributed by atoms with Crippen molar-refractivity contribution in [3.63, 3.8) is 0 Å². The van der Waals surface area contributed by atoms with E-state index in [9.17, 15) is 0 Å². The quantitative estimate of drug-likeness (QED) is 0.189. The minimum atomic E-state index is 0. The van der Waals surface area contributed by atoms with E-state index in [0.29, 0.717) is 18.7 Å². The number of hydrogen-bond donors (Lipinski definition) is 2. The van der Waals surface area contributed by atoms with Crippen LogP contribution in [0.1, 0.15) is 64.4 Å². The van der Waals surface area contributed by atoms with Gasteiger partial charge in [0, 0.05) is 58.2 Å². The van der Waals surface area contributed by atoms with Gasteiger partial charge in [-0.25, -0.2) is 9.98 Å². The number of aromatic nitrogens is 1. The van der Waals surface area contributed by atoms with Gasteiger partial charge < -0.3 is 25.0 Å².